The Morgan fingerprint density at radius 3 is 2.72 bits per heavy atom. The standard InChI is InChI=1S/C15H24FNO/c1-3-11-17-14(4-2)13-8-5-6-9-15(13)18-12-7-10-16/h5-6,8-9,14,17H,3-4,7,10-12H2,1-2H3. The Morgan fingerprint density at radius 1 is 1.28 bits per heavy atom. The quantitative estimate of drug-likeness (QED) is 0.674. The van der Waals surface area contributed by atoms with Gasteiger partial charge in [-0.25, -0.2) is 0 Å². The van der Waals surface area contributed by atoms with Gasteiger partial charge >= 0.3 is 0 Å². The van der Waals surface area contributed by atoms with Crippen molar-refractivity contribution in [2.24, 2.45) is 0 Å². The van der Waals surface area contributed by atoms with Gasteiger partial charge in [-0.15, -0.1) is 0 Å². The fourth-order valence-corrected chi connectivity index (χ4v) is 1.93. The van der Waals surface area contributed by atoms with Gasteiger partial charge < -0.3 is 10.1 Å². The number of rotatable bonds is 9. The van der Waals surface area contributed by atoms with Crippen LogP contribution in [0.1, 0.15) is 44.7 Å². The summed E-state index contributed by atoms with van der Waals surface area (Å²) in [6, 6.07) is 8.34. The number of benzene rings is 1. The van der Waals surface area contributed by atoms with Crippen LogP contribution >= 0.6 is 0 Å². The lowest BCUT2D eigenvalue weighted by molar-refractivity contribution is 0.284. The summed E-state index contributed by atoms with van der Waals surface area (Å²) >= 11 is 0. The zero-order valence-corrected chi connectivity index (χ0v) is 11.4. The van der Waals surface area contributed by atoms with E-state index in [1.165, 1.54) is 5.56 Å². The normalized spacial score (nSPS) is 12.4. The molecule has 18 heavy (non-hydrogen) atoms. The maximum atomic E-state index is 12.1. The summed E-state index contributed by atoms with van der Waals surface area (Å²) in [5.74, 6) is 0.876. The van der Waals surface area contributed by atoms with E-state index in [1.54, 1.807) is 0 Å². The van der Waals surface area contributed by atoms with Crippen molar-refractivity contribution in [3.05, 3.63) is 29.8 Å². The van der Waals surface area contributed by atoms with Crippen LogP contribution in [0.15, 0.2) is 24.3 Å². The van der Waals surface area contributed by atoms with Crippen LogP contribution in [0.25, 0.3) is 0 Å². The minimum absolute atomic E-state index is 0.312. The van der Waals surface area contributed by atoms with Crippen molar-refractivity contribution in [2.45, 2.75) is 39.2 Å². The second-order valence-corrected chi connectivity index (χ2v) is 4.34. The number of nitrogens with one attached hydrogen (secondary N) is 1. The molecule has 1 rings (SSSR count). The summed E-state index contributed by atoms with van der Waals surface area (Å²) in [4.78, 5) is 0. The highest BCUT2D eigenvalue weighted by molar-refractivity contribution is 5.35. The van der Waals surface area contributed by atoms with Gasteiger partial charge in [-0.1, -0.05) is 32.0 Å². The average Bonchev–Trinajstić information content (AvgIpc) is 2.41. The fraction of sp³-hybridized carbons (Fsp3) is 0.600. The predicted octanol–water partition coefficient (Wildman–Crippen LogP) is 3.88. The second-order valence-electron chi connectivity index (χ2n) is 4.34. The first-order chi connectivity index (χ1) is 8.83. The van der Waals surface area contributed by atoms with E-state index in [0.717, 1.165) is 25.1 Å². The van der Waals surface area contributed by atoms with Crippen LogP contribution in [0.2, 0.25) is 0 Å². The third-order valence-corrected chi connectivity index (χ3v) is 2.88. The van der Waals surface area contributed by atoms with E-state index in [-0.39, 0.29) is 6.67 Å². The molecule has 1 N–H and O–H groups in total. The molecule has 3 heteroatoms. The number of hydrogen-bond donors (Lipinski definition) is 1. The zero-order valence-electron chi connectivity index (χ0n) is 11.4. The fourth-order valence-electron chi connectivity index (χ4n) is 1.93. The minimum atomic E-state index is -0.326. The van der Waals surface area contributed by atoms with E-state index in [2.05, 4.69) is 25.2 Å². The molecule has 0 saturated heterocycles. The van der Waals surface area contributed by atoms with Crippen molar-refractivity contribution < 1.29 is 9.13 Å². The molecule has 0 fully saturated rings. The molecule has 2 nitrogen and oxygen atoms in total. The maximum Gasteiger partial charge on any atom is 0.124 e. The minimum Gasteiger partial charge on any atom is -0.493 e. The molecule has 1 unspecified atom stereocenters. The molecule has 1 aromatic rings. The predicted molar refractivity (Wildman–Crippen MR) is 73.9 cm³/mol. The number of hydrogen-bond acceptors (Lipinski definition) is 2. The first-order valence-electron chi connectivity index (χ1n) is 6.84. The van der Waals surface area contributed by atoms with Crippen molar-refractivity contribution in [2.75, 3.05) is 19.8 Å². The highest BCUT2D eigenvalue weighted by atomic mass is 19.1. The second kappa shape index (κ2) is 8.92. The number of halogens is 1. The molecule has 0 amide bonds. The van der Waals surface area contributed by atoms with Gasteiger partial charge in [-0.3, -0.25) is 4.39 Å². The van der Waals surface area contributed by atoms with Gasteiger partial charge in [-0.2, -0.15) is 0 Å². The third kappa shape index (κ3) is 4.65. The Kier molecular flexibility index (Phi) is 7.42. The molecule has 1 atom stereocenters. The Labute approximate surface area is 110 Å². The van der Waals surface area contributed by atoms with Gasteiger partial charge in [0.1, 0.15) is 5.75 Å². The Morgan fingerprint density at radius 2 is 2.06 bits per heavy atom. The molecule has 0 aliphatic heterocycles. The molecule has 0 spiro atoms. The summed E-state index contributed by atoms with van der Waals surface area (Å²) in [5.41, 5.74) is 1.17. The summed E-state index contributed by atoms with van der Waals surface area (Å²) < 4.78 is 17.8. The highest BCUT2D eigenvalue weighted by Gasteiger charge is 2.13. The molecule has 0 saturated carbocycles. The Balaban J connectivity index is 2.71. The molecule has 0 aliphatic rings. The van der Waals surface area contributed by atoms with Gasteiger partial charge in [0.05, 0.1) is 13.3 Å². The van der Waals surface area contributed by atoms with E-state index in [0.29, 0.717) is 19.1 Å². The van der Waals surface area contributed by atoms with E-state index in [4.69, 9.17) is 4.74 Å². The first kappa shape index (κ1) is 15.0. The molecule has 0 bridgehead atoms. The van der Waals surface area contributed by atoms with Gasteiger partial charge in [0, 0.05) is 18.0 Å². The molecule has 0 aliphatic carbocycles. The van der Waals surface area contributed by atoms with Gasteiger partial charge in [0.2, 0.25) is 0 Å². The van der Waals surface area contributed by atoms with E-state index >= 15 is 0 Å². The number of ether oxygens (including phenoxy) is 1. The lowest BCUT2D eigenvalue weighted by Crippen LogP contribution is -2.22. The van der Waals surface area contributed by atoms with Gasteiger partial charge in [0.15, 0.2) is 0 Å². The molecule has 0 heterocycles. The summed E-state index contributed by atoms with van der Waals surface area (Å²) in [6.07, 6.45) is 2.58. The van der Waals surface area contributed by atoms with Crippen LogP contribution in [0.3, 0.4) is 0 Å². The molecule has 102 valence electrons. The van der Waals surface area contributed by atoms with Crippen molar-refractivity contribution in [1.29, 1.82) is 0 Å². The van der Waals surface area contributed by atoms with Crippen molar-refractivity contribution in [3.8, 4) is 5.75 Å². The molecule has 0 radical (unpaired) electrons. The van der Waals surface area contributed by atoms with Crippen LogP contribution in [0.4, 0.5) is 4.39 Å². The van der Waals surface area contributed by atoms with E-state index < -0.39 is 0 Å². The number of alkyl halides is 1. The molecular weight excluding hydrogens is 229 g/mol. The SMILES string of the molecule is CCCNC(CC)c1ccccc1OCCCF. The van der Waals surface area contributed by atoms with Crippen molar-refractivity contribution in [1.82, 2.24) is 5.32 Å². The zero-order chi connectivity index (χ0) is 13.2. The van der Waals surface area contributed by atoms with Gasteiger partial charge in [0.25, 0.3) is 0 Å². The Hall–Kier alpha value is -1.09. The lowest BCUT2D eigenvalue weighted by Gasteiger charge is -2.20. The summed E-state index contributed by atoms with van der Waals surface area (Å²) in [7, 11) is 0. The monoisotopic (exact) mass is 253 g/mol. The van der Waals surface area contributed by atoms with Gasteiger partial charge in [-0.05, 0) is 25.5 Å². The molecule has 1 aromatic carbocycles. The summed E-state index contributed by atoms with van der Waals surface area (Å²) in [5, 5.41) is 3.51. The molecular formula is C15H24FNO. The Bertz CT molecular complexity index is 330. The maximum absolute atomic E-state index is 12.1. The van der Waals surface area contributed by atoms with E-state index in [1.807, 2.05) is 18.2 Å². The van der Waals surface area contributed by atoms with Crippen LogP contribution < -0.4 is 10.1 Å². The topological polar surface area (TPSA) is 21.3 Å². The van der Waals surface area contributed by atoms with Crippen LogP contribution in [0, 0.1) is 0 Å². The van der Waals surface area contributed by atoms with Crippen molar-refractivity contribution in [3.63, 3.8) is 0 Å². The van der Waals surface area contributed by atoms with Crippen LogP contribution in [-0.2, 0) is 0 Å². The van der Waals surface area contributed by atoms with Crippen LogP contribution in [-0.4, -0.2) is 19.8 Å². The molecule has 0 aromatic heterocycles. The third-order valence-electron chi connectivity index (χ3n) is 2.88. The van der Waals surface area contributed by atoms with E-state index in [9.17, 15) is 4.39 Å². The van der Waals surface area contributed by atoms with Crippen molar-refractivity contribution >= 4 is 0 Å². The highest BCUT2D eigenvalue weighted by Crippen LogP contribution is 2.27. The lowest BCUT2D eigenvalue weighted by atomic mass is 10.0. The smallest absolute Gasteiger partial charge is 0.124 e. The first-order valence-corrected chi connectivity index (χ1v) is 6.84. The largest absolute Gasteiger partial charge is 0.493 e. The van der Waals surface area contributed by atoms with Crippen LogP contribution in [0.5, 0.6) is 5.75 Å². The number of para-hydroxylation sites is 1. The summed E-state index contributed by atoms with van der Waals surface area (Å²) in [6.45, 7) is 5.43. The average molecular weight is 253 g/mol.